The van der Waals surface area contributed by atoms with Crippen molar-refractivity contribution in [3.8, 4) is 0 Å². The molecule has 1 saturated carbocycles. The van der Waals surface area contributed by atoms with E-state index in [1.165, 1.54) is 30.3 Å². The lowest BCUT2D eigenvalue weighted by Crippen LogP contribution is -2.18. The third kappa shape index (κ3) is 4.70. The van der Waals surface area contributed by atoms with Crippen LogP contribution in [0.25, 0.3) is 0 Å². The van der Waals surface area contributed by atoms with E-state index >= 15 is 0 Å². The van der Waals surface area contributed by atoms with Crippen LogP contribution in [0, 0.1) is 23.4 Å². The van der Waals surface area contributed by atoms with Gasteiger partial charge < -0.3 is 10.6 Å². The Morgan fingerprint density at radius 3 is 2.15 bits per heavy atom. The lowest BCUT2D eigenvalue weighted by atomic mass is 10.1. The van der Waals surface area contributed by atoms with Gasteiger partial charge in [0.25, 0.3) is 5.91 Å². The molecule has 0 spiro atoms. The fourth-order valence-electron chi connectivity index (χ4n) is 3.57. The predicted octanol–water partition coefficient (Wildman–Crippen LogP) is 7.19. The molecule has 0 unspecified atom stereocenters. The van der Waals surface area contributed by atoms with Crippen LogP contribution in [0.5, 0.6) is 0 Å². The van der Waals surface area contributed by atoms with E-state index in [9.17, 15) is 22.8 Å². The van der Waals surface area contributed by atoms with E-state index < -0.39 is 51.1 Å². The van der Waals surface area contributed by atoms with Crippen LogP contribution in [0.3, 0.4) is 0 Å². The number of alkyl halides is 2. The average Bonchev–Trinajstić information content (AvgIpc) is 3.36. The Morgan fingerprint density at radius 2 is 1.50 bits per heavy atom. The smallest absolute Gasteiger partial charge is 0.257 e. The molecule has 0 aliphatic heterocycles. The maximum atomic E-state index is 13.9. The summed E-state index contributed by atoms with van der Waals surface area (Å²) >= 11 is 24.5. The summed E-state index contributed by atoms with van der Waals surface area (Å²) < 4.78 is 39.8. The zero-order valence-electron chi connectivity index (χ0n) is 16.8. The molecule has 4 nitrogen and oxygen atoms in total. The molecule has 4 rings (SSSR count). The molecule has 34 heavy (non-hydrogen) atoms. The summed E-state index contributed by atoms with van der Waals surface area (Å²) in [7, 11) is 0. The molecule has 2 atom stereocenters. The monoisotopic (exact) mass is 546 g/mol. The molecule has 176 valence electrons. The first kappa shape index (κ1) is 24.7. The van der Waals surface area contributed by atoms with Gasteiger partial charge in [-0.05, 0) is 48.0 Å². The van der Waals surface area contributed by atoms with Crippen molar-refractivity contribution >= 4 is 69.6 Å². The Bertz CT molecular complexity index is 1300. The number of hydrogen-bond donors (Lipinski definition) is 2. The SMILES string of the molecule is O=C(Nc1c(F)cccc1F)c1cc(NC(=O)[C@H]2[C@H](c3ccc(F)c(Cl)c3)C2(Cl)Cl)ccc1Cl. The lowest BCUT2D eigenvalue weighted by molar-refractivity contribution is -0.117. The zero-order valence-corrected chi connectivity index (χ0v) is 19.8. The molecule has 11 heteroatoms. The Hall–Kier alpha value is -2.45. The van der Waals surface area contributed by atoms with Crippen molar-refractivity contribution < 1.29 is 22.8 Å². The van der Waals surface area contributed by atoms with Gasteiger partial charge in [0, 0.05) is 11.6 Å². The molecule has 0 saturated heterocycles. The van der Waals surface area contributed by atoms with E-state index in [1.807, 2.05) is 0 Å². The summed E-state index contributed by atoms with van der Waals surface area (Å²) in [5.41, 5.74) is -0.117. The number of carbonyl (C=O) groups excluding carboxylic acids is 2. The highest BCUT2D eigenvalue weighted by atomic mass is 35.5. The van der Waals surface area contributed by atoms with E-state index in [4.69, 9.17) is 46.4 Å². The minimum absolute atomic E-state index is 0.0125. The quantitative estimate of drug-likeness (QED) is 0.332. The topological polar surface area (TPSA) is 58.2 Å². The fourth-order valence-corrected chi connectivity index (χ4v) is 4.79. The first-order chi connectivity index (χ1) is 16.0. The molecule has 1 aliphatic rings. The molecule has 0 aromatic heterocycles. The van der Waals surface area contributed by atoms with Crippen molar-refractivity contribution in [2.24, 2.45) is 5.92 Å². The predicted molar refractivity (Wildman–Crippen MR) is 126 cm³/mol. The minimum atomic E-state index is -1.46. The molecule has 2 N–H and O–H groups in total. The molecule has 3 aromatic carbocycles. The van der Waals surface area contributed by atoms with E-state index in [2.05, 4.69) is 10.6 Å². The molecule has 1 fully saturated rings. The summed E-state index contributed by atoms with van der Waals surface area (Å²) in [5, 5.41) is 4.58. The number of halogens is 7. The van der Waals surface area contributed by atoms with Crippen LogP contribution < -0.4 is 10.6 Å². The van der Waals surface area contributed by atoms with Gasteiger partial charge in [0.15, 0.2) is 0 Å². The highest BCUT2D eigenvalue weighted by Crippen LogP contribution is 2.65. The number of rotatable bonds is 5. The summed E-state index contributed by atoms with van der Waals surface area (Å²) in [6.07, 6.45) is 0. The van der Waals surface area contributed by atoms with Gasteiger partial charge in [-0.25, -0.2) is 13.2 Å². The minimum Gasteiger partial charge on any atom is -0.326 e. The van der Waals surface area contributed by atoms with Gasteiger partial charge in [-0.2, -0.15) is 0 Å². The first-order valence-corrected chi connectivity index (χ1v) is 11.2. The van der Waals surface area contributed by atoms with Crippen LogP contribution in [0.2, 0.25) is 10.0 Å². The van der Waals surface area contributed by atoms with Gasteiger partial charge >= 0.3 is 0 Å². The normalized spacial score (nSPS) is 18.3. The molecule has 1 aliphatic carbocycles. The highest BCUT2D eigenvalue weighted by Gasteiger charge is 2.67. The van der Waals surface area contributed by atoms with Gasteiger partial charge in [0.1, 0.15) is 27.5 Å². The summed E-state index contributed by atoms with van der Waals surface area (Å²) in [6, 6.07) is 11.1. The molecular formula is C23H13Cl4F3N2O2. The molecule has 0 heterocycles. The molecular weight excluding hydrogens is 535 g/mol. The zero-order chi connectivity index (χ0) is 24.8. The Kier molecular flexibility index (Phi) is 6.75. The standard InChI is InChI=1S/C23H13Cl4F3N2O2/c24-13-6-5-11(9-12(13)21(33)32-20-16(29)2-1-3-17(20)30)31-22(34)19-18(23(19,26)27)10-4-7-15(28)14(25)8-10/h1-9,18-19H,(H,31,34)(H,32,33)/t18-,19+/m0/s1. The van der Waals surface area contributed by atoms with Crippen LogP contribution in [-0.2, 0) is 4.79 Å². The molecule has 0 radical (unpaired) electrons. The Labute approximate surface area is 211 Å². The second kappa shape index (κ2) is 9.30. The lowest BCUT2D eigenvalue weighted by Gasteiger charge is -2.11. The number of hydrogen-bond acceptors (Lipinski definition) is 2. The van der Waals surface area contributed by atoms with Crippen molar-refractivity contribution in [3.05, 3.63) is 93.2 Å². The van der Waals surface area contributed by atoms with Gasteiger partial charge in [-0.3, -0.25) is 9.59 Å². The van der Waals surface area contributed by atoms with E-state index in [1.54, 1.807) is 0 Å². The van der Waals surface area contributed by atoms with Crippen LogP contribution in [0.4, 0.5) is 24.5 Å². The highest BCUT2D eigenvalue weighted by molar-refractivity contribution is 6.53. The molecule has 0 bridgehead atoms. The Morgan fingerprint density at radius 1 is 0.824 bits per heavy atom. The van der Waals surface area contributed by atoms with Crippen LogP contribution in [0.15, 0.2) is 54.6 Å². The van der Waals surface area contributed by atoms with Gasteiger partial charge in [-0.15, -0.1) is 23.2 Å². The number of anilines is 2. The number of benzene rings is 3. The van der Waals surface area contributed by atoms with E-state index in [0.29, 0.717) is 5.56 Å². The van der Waals surface area contributed by atoms with Crippen LogP contribution in [0.1, 0.15) is 21.8 Å². The molecule has 3 aromatic rings. The Balaban J connectivity index is 1.52. The first-order valence-electron chi connectivity index (χ1n) is 9.69. The van der Waals surface area contributed by atoms with Crippen molar-refractivity contribution in [3.63, 3.8) is 0 Å². The van der Waals surface area contributed by atoms with Crippen LogP contribution >= 0.6 is 46.4 Å². The average molecular weight is 548 g/mol. The van der Waals surface area contributed by atoms with Gasteiger partial charge in [0.05, 0.1) is 21.5 Å². The third-order valence-corrected chi connectivity index (χ3v) is 6.88. The number of nitrogens with one attached hydrogen (secondary N) is 2. The summed E-state index contributed by atoms with van der Waals surface area (Å²) in [4.78, 5) is 25.4. The summed E-state index contributed by atoms with van der Waals surface area (Å²) in [6.45, 7) is 0. The van der Waals surface area contributed by atoms with Gasteiger partial charge in [-0.1, -0.05) is 35.3 Å². The molecule has 2 amide bonds. The van der Waals surface area contributed by atoms with Crippen molar-refractivity contribution in [1.29, 1.82) is 0 Å². The van der Waals surface area contributed by atoms with E-state index in [0.717, 1.165) is 24.3 Å². The summed E-state index contributed by atoms with van der Waals surface area (Å²) in [5.74, 6) is -5.54. The fraction of sp³-hybridized carbons (Fsp3) is 0.130. The van der Waals surface area contributed by atoms with E-state index in [-0.39, 0.29) is 21.3 Å². The maximum absolute atomic E-state index is 13.9. The second-order valence-corrected chi connectivity index (χ2v) is 9.80. The van der Waals surface area contributed by atoms with Crippen molar-refractivity contribution in [2.75, 3.05) is 10.6 Å². The number of amides is 2. The maximum Gasteiger partial charge on any atom is 0.257 e. The number of para-hydroxylation sites is 1. The van der Waals surface area contributed by atoms with Crippen LogP contribution in [-0.4, -0.2) is 16.1 Å². The second-order valence-electron chi connectivity index (χ2n) is 7.54. The number of carbonyl (C=O) groups is 2. The third-order valence-electron chi connectivity index (χ3n) is 5.32. The van der Waals surface area contributed by atoms with Crippen molar-refractivity contribution in [1.82, 2.24) is 0 Å². The largest absolute Gasteiger partial charge is 0.326 e. The van der Waals surface area contributed by atoms with Crippen molar-refractivity contribution in [2.45, 2.75) is 10.3 Å². The van der Waals surface area contributed by atoms with Gasteiger partial charge in [0.2, 0.25) is 5.91 Å².